The first kappa shape index (κ1) is 16.0. The van der Waals surface area contributed by atoms with Gasteiger partial charge in [0.2, 0.25) is 0 Å². The SMILES string of the molecule is CC(=O)CCCSc1cc(C(=O)NC2CC2)c2ccccc2n1. The number of carbonyl (C=O) groups excluding carboxylic acids is 2. The van der Waals surface area contributed by atoms with Crippen LogP contribution in [0.15, 0.2) is 35.4 Å². The number of ketones is 1. The summed E-state index contributed by atoms with van der Waals surface area (Å²) in [5.74, 6) is 1.02. The van der Waals surface area contributed by atoms with Crippen molar-refractivity contribution < 1.29 is 9.59 Å². The third-order valence-corrected chi connectivity index (χ3v) is 4.77. The summed E-state index contributed by atoms with van der Waals surface area (Å²) in [6.45, 7) is 1.61. The molecule has 0 aliphatic heterocycles. The van der Waals surface area contributed by atoms with Gasteiger partial charge in [-0.2, -0.15) is 0 Å². The van der Waals surface area contributed by atoms with E-state index in [2.05, 4.69) is 10.3 Å². The topological polar surface area (TPSA) is 59.1 Å². The van der Waals surface area contributed by atoms with E-state index in [1.165, 1.54) is 0 Å². The fraction of sp³-hybridized carbons (Fsp3) is 0.389. The molecular formula is C18H20N2O2S. The average Bonchev–Trinajstić information content (AvgIpc) is 3.34. The lowest BCUT2D eigenvalue weighted by Crippen LogP contribution is -2.25. The highest BCUT2D eigenvalue weighted by molar-refractivity contribution is 7.99. The van der Waals surface area contributed by atoms with Gasteiger partial charge in [-0.15, -0.1) is 11.8 Å². The van der Waals surface area contributed by atoms with E-state index < -0.39 is 0 Å². The van der Waals surface area contributed by atoms with Gasteiger partial charge in [-0.05, 0) is 44.1 Å². The Morgan fingerprint density at radius 1 is 1.30 bits per heavy atom. The largest absolute Gasteiger partial charge is 0.349 e. The van der Waals surface area contributed by atoms with E-state index in [1.807, 2.05) is 30.3 Å². The number of amides is 1. The van der Waals surface area contributed by atoms with Gasteiger partial charge in [0.25, 0.3) is 5.91 Å². The lowest BCUT2D eigenvalue weighted by atomic mass is 10.1. The number of aromatic nitrogens is 1. The maximum Gasteiger partial charge on any atom is 0.252 e. The monoisotopic (exact) mass is 328 g/mol. The van der Waals surface area contributed by atoms with Crippen LogP contribution in [0.3, 0.4) is 0 Å². The van der Waals surface area contributed by atoms with Gasteiger partial charge in [0, 0.05) is 17.8 Å². The number of hydrogen-bond donors (Lipinski definition) is 1. The number of para-hydroxylation sites is 1. The molecule has 0 bridgehead atoms. The normalized spacial score (nSPS) is 14.0. The summed E-state index contributed by atoms with van der Waals surface area (Å²) in [7, 11) is 0. The van der Waals surface area contributed by atoms with Gasteiger partial charge in [-0.1, -0.05) is 18.2 Å². The molecule has 0 spiro atoms. The predicted molar refractivity (Wildman–Crippen MR) is 92.9 cm³/mol. The number of hydrogen-bond acceptors (Lipinski definition) is 4. The van der Waals surface area contributed by atoms with E-state index in [0.717, 1.165) is 40.9 Å². The third-order valence-electron chi connectivity index (χ3n) is 3.77. The number of benzene rings is 1. The molecule has 0 saturated heterocycles. The Bertz CT molecular complexity index is 741. The molecule has 3 rings (SSSR count). The zero-order valence-corrected chi connectivity index (χ0v) is 14.0. The summed E-state index contributed by atoms with van der Waals surface area (Å²) >= 11 is 1.60. The Kier molecular flexibility index (Phi) is 4.96. The molecule has 120 valence electrons. The highest BCUT2D eigenvalue weighted by Crippen LogP contribution is 2.26. The molecule has 1 aliphatic rings. The van der Waals surface area contributed by atoms with Crippen LogP contribution in [0.4, 0.5) is 0 Å². The van der Waals surface area contributed by atoms with Gasteiger partial charge in [-0.3, -0.25) is 4.79 Å². The Morgan fingerprint density at radius 2 is 2.09 bits per heavy atom. The number of rotatable bonds is 7. The van der Waals surface area contributed by atoms with Crippen molar-refractivity contribution in [1.29, 1.82) is 0 Å². The van der Waals surface area contributed by atoms with Crippen LogP contribution in [0.2, 0.25) is 0 Å². The molecule has 1 heterocycles. The molecule has 1 saturated carbocycles. The van der Waals surface area contributed by atoms with Gasteiger partial charge in [0.1, 0.15) is 5.78 Å². The molecule has 0 radical (unpaired) electrons. The van der Waals surface area contributed by atoms with Crippen molar-refractivity contribution in [1.82, 2.24) is 10.3 Å². The van der Waals surface area contributed by atoms with Crippen molar-refractivity contribution in [3.8, 4) is 0 Å². The number of Topliss-reactive ketones (excluding diaryl/α,β-unsaturated/α-hetero) is 1. The van der Waals surface area contributed by atoms with E-state index in [1.54, 1.807) is 18.7 Å². The molecule has 1 aromatic carbocycles. The quantitative estimate of drug-likeness (QED) is 0.623. The molecule has 2 aromatic rings. The van der Waals surface area contributed by atoms with Crippen molar-refractivity contribution in [3.63, 3.8) is 0 Å². The molecule has 0 atom stereocenters. The average molecular weight is 328 g/mol. The van der Waals surface area contributed by atoms with E-state index >= 15 is 0 Å². The van der Waals surface area contributed by atoms with Crippen molar-refractivity contribution in [3.05, 3.63) is 35.9 Å². The third kappa shape index (κ3) is 4.32. The number of nitrogens with zero attached hydrogens (tertiary/aromatic N) is 1. The molecule has 1 aliphatic carbocycles. The first-order chi connectivity index (χ1) is 11.1. The molecule has 1 amide bonds. The number of pyridine rings is 1. The van der Waals surface area contributed by atoms with E-state index in [-0.39, 0.29) is 11.7 Å². The summed E-state index contributed by atoms with van der Waals surface area (Å²) in [5.41, 5.74) is 1.53. The zero-order chi connectivity index (χ0) is 16.2. The first-order valence-electron chi connectivity index (χ1n) is 7.96. The summed E-state index contributed by atoms with van der Waals surface area (Å²) in [6.07, 6.45) is 3.57. The van der Waals surface area contributed by atoms with E-state index in [4.69, 9.17) is 0 Å². The second kappa shape index (κ2) is 7.13. The molecule has 1 aromatic heterocycles. The molecular weight excluding hydrogens is 308 g/mol. The zero-order valence-electron chi connectivity index (χ0n) is 13.2. The number of nitrogens with one attached hydrogen (secondary N) is 1. The predicted octanol–water partition coefficient (Wildman–Crippen LogP) is 3.59. The van der Waals surface area contributed by atoms with Crippen LogP contribution < -0.4 is 5.32 Å². The minimum Gasteiger partial charge on any atom is -0.349 e. The smallest absolute Gasteiger partial charge is 0.252 e. The van der Waals surface area contributed by atoms with Gasteiger partial charge < -0.3 is 10.1 Å². The van der Waals surface area contributed by atoms with Crippen molar-refractivity contribution in [2.24, 2.45) is 0 Å². The van der Waals surface area contributed by atoms with Gasteiger partial charge >= 0.3 is 0 Å². The molecule has 23 heavy (non-hydrogen) atoms. The summed E-state index contributed by atoms with van der Waals surface area (Å²) in [5, 5.41) is 4.78. The van der Waals surface area contributed by atoms with E-state index in [0.29, 0.717) is 18.0 Å². The van der Waals surface area contributed by atoms with Gasteiger partial charge in [0.05, 0.1) is 16.1 Å². The van der Waals surface area contributed by atoms with Gasteiger partial charge in [0.15, 0.2) is 0 Å². The standard InChI is InChI=1S/C18H20N2O2S/c1-12(21)5-4-10-23-17-11-15(18(22)19-13-8-9-13)14-6-2-3-7-16(14)20-17/h2-3,6-7,11,13H,4-5,8-10H2,1H3,(H,19,22). The van der Waals surface area contributed by atoms with Crippen LogP contribution in [0, 0.1) is 0 Å². The molecule has 5 heteroatoms. The maximum absolute atomic E-state index is 12.5. The van der Waals surface area contributed by atoms with Crippen LogP contribution in [0.5, 0.6) is 0 Å². The number of carbonyl (C=O) groups is 2. The van der Waals surface area contributed by atoms with Gasteiger partial charge in [-0.25, -0.2) is 4.98 Å². The molecule has 0 unspecified atom stereocenters. The minimum atomic E-state index is -0.0170. The molecule has 1 fully saturated rings. The van der Waals surface area contributed by atoms with Crippen LogP contribution >= 0.6 is 11.8 Å². The minimum absolute atomic E-state index is 0.0170. The summed E-state index contributed by atoms with van der Waals surface area (Å²) < 4.78 is 0. The number of thioether (sulfide) groups is 1. The van der Waals surface area contributed by atoms with Crippen LogP contribution in [0.1, 0.15) is 43.0 Å². The number of fused-ring (bicyclic) bond motifs is 1. The van der Waals surface area contributed by atoms with Crippen LogP contribution in [-0.4, -0.2) is 28.5 Å². The van der Waals surface area contributed by atoms with E-state index in [9.17, 15) is 9.59 Å². The Morgan fingerprint density at radius 3 is 2.83 bits per heavy atom. The Hall–Kier alpha value is -1.88. The Labute approximate surface area is 140 Å². The molecule has 4 nitrogen and oxygen atoms in total. The first-order valence-corrected chi connectivity index (χ1v) is 8.95. The van der Waals surface area contributed by atoms with Crippen molar-refractivity contribution in [2.75, 3.05) is 5.75 Å². The summed E-state index contributed by atoms with van der Waals surface area (Å²) in [4.78, 5) is 28.1. The lowest BCUT2D eigenvalue weighted by Gasteiger charge is -2.09. The fourth-order valence-electron chi connectivity index (χ4n) is 2.40. The second-order valence-electron chi connectivity index (χ2n) is 5.93. The molecule has 1 N–H and O–H groups in total. The van der Waals surface area contributed by atoms with Crippen LogP contribution in [-0.2, 0) is 4.79 Å². The fourth-order valence-corrected chi connectivity index (χ4v) is 3.26. The van der Waals surface area contributed by atoms with Crippen molar-refractivity contribution in [2.45, 2.75) is 43.7 Å². The highest BCUT2D eigenvalue weighted by Gasteiger charge is 2.25. The second-order valence-corrected chi connectivity index (χ2v) is 7.04. The van der Waals surface area contributed by atoms with Crippen molar-refractivity contribution >= 4 is 34.4 Å². The maximum atomic E-state index is 12.5. The summed E-state index contributed by atoms with van der Waals surface area (Å²) in [6, 6.07) is 9.94. The Balaban J connectivity index is 1.81. The van der Waals surface area contributed by atoms with Crippen LogP contribution in [0.25, 0.3) is 10.9 Å². The highest BCUT2D eigenvalue weighted by atomic mass is 32.2. The lowest BCUT2D eigenvalue weighted by molar-refractivity contribution is -0.117.